The van der Waals surface area contributed by atoms with Gasteiger partial charge < -0.3 is 9.64 Å². The summed E-state index contributed by atoms with van der Waals surface area (Å²) in [5, 5.41) is 4.35. The average Bonchev–Trinajstić information content (AvgIpc) is 3.10. The molecule has 1 amide bonds. The molecule has 0 saturated heterocycles. The first-order valence-corrected chi connectivity index (χ1v) is 10.2. The molecule has 0 radical (unpaired) electrons. The SMILES string of the molecule is CCOC(=O)CN(Cc1ccc(C(F)(F)F)cc1)C(=O)c1ccc(-n2nc(C)cc2C)nc1. The van der Waals surface area contributed by atoms with Gasteiger partial charge in [-0.05, 0) is 56.7 Å². The first-order valence-electron chi connectivity index (χ1n) is 10.2. The lowest BCUT2D eigenvalue weighted by atomic mass is 10.1. The van der Waals surface area contributed by atoms with Gasteiger partial charge in [0.05, 0.1) is 23.4 Å². The van der Waals surface area contributed by atoms with Crippen LogP contribution in [-0.2, 0) is 22.3 Å². The van der Waals surface area contributed by atoms with Crippen molar-refractivity contribution in [3.05, 3.63) is 76.7 Å². The molecule has 10 heteroatoms. The van der Waals surface area contributed by atoms with E-state index in [0.717, 1.165) is 23.5 Å². The van der Waals surface area contributed by atoms with Crippen molar-refractivity contribution < 1.29 is 27.5 Å². The highest BCUT2D eigenvalue weighted by molar-refractivity contribution is 5.95. The molecule has 7 nitrogen and oxygen atoms in total. The van der Waals surface area contributed by atoms with E-state index >= 15 is 0 Å². The number of ether oxygens (including phenoxy) is 1. The number of halogens is 3. The van der Waals surface area contributed by atoms with Gasteiger partial charge in [0, 0.05) is 18.4 Å². The van der Waals surface area contributed by atoms with E-state index in [-0.39, 0.29) is 25.3 Å². The molecular formula is C23H23F3N4O3. The maximum absolute atomic E-state index is 13.1. The molecule has 33 heavy (non-hydrogen) atoms. The number of hydrogen-bond acceptors (Lipinski definition) is 5. The average molecular weight is 460 g/mol. The van der Waals surface area contributed by atoms with E-state index in [1.165, 1.54) is 23.2 Å². The second-order valence-electron chi connectivity index (χ2n) is 7.40. The first-order chi connectivity index (χ1) is 15.6. The quantitative estimate of drug-likeness (QED) is 0.496. The molecule has 0 atom stereocenters. The van der Waals surface area contributed by atoms with Gasteiger partial charge in [-0.25, -0.2) is 9.67 Å². The van der Waals surface area contributed by atoms with E-state index in [1.54, 1.807) is 23.7 Å². The zero-order valence-corrected chi connectivity index (χ0v) is 18.4. The third kappa shape index (κ3) is 5.97. The van der Waals surface area contributed by atoms with Crippen LogP contribution in [0.25, 0.3) is 5.82 Å². The molecule has 0 bridgehead atoms. The summed E-state index contributed by atoms with van der Waals surface area (Å²) >= 11 is 0. The van der Waals surface area contributed by atoms with Crippen LogP contribution in [0.2, 0.25) is 0 Å². The summed E-state index contributed by atoms with van der Waals surface area (Å²) in [4.78, 5) is 30.7. The number of hydrogen-bond donors (Lipinski definition) is 0. The smallest absolute Gasteiger partial charge is 0.416 e. The Labute approximate surface area is 188 Å². The van der Waals surface area contributed by atoms with E-state index in [1.807, 2.05) is 19.9 Å². The minimum atomic E-state index is -4.46. The van der Waals surface area contributed by atoms with Crippen molar-refractivity contribution in [2.24, 2.45) is 0 Å². The largest absolute Gasteiger partial charge is 0.465 e. The van der Waals surface area contributed by atoms with E-state index in [0.29, 0.717) is 11.4 Å². The van der Waals surface area contributed by atoms with Gasteiger partial charge in [0.2, 0.25) is 0 Å². The minimum absolute atomic E-state index is 0.0744. The fraction of sp³-hybridized carbons (Fsp3) is 0.304. The highest BCUT2D eigenvalue weighted by Gasteiger charge is 2.30. The van der Waals surface area contributed by atoms with Crippen molar-refractivity contribution >= 4 is 11.9 Å². The number of benzene rings is 1. The zero-order valence-electron chi connectivity index (χ0n) is 18.4. The number of alkyl halides is 3. The maximum atomic E-state index is 13.1. The van der Waals surface area contributed by atoms with Crippen molar-refractivity contribution in [1.29, 1.82) is 0 Å². The molecule has 0 spiro atoms. The lowest BCUT2D eigenvalue weighted by Crippen LogP contribution is -2.36. The van der Waals surface area contributed by atoms with Crippen LogP contribution in [0, 0.1) is 13.8 Å². The Hall–Kier alpha value is -3.69. The molecule has 3 aromatic rings. The first kappa shape index (κ1) is 24.0. The molecular weight excluding hydrogens is 437 g/mol. The van der Waals surface area contributed by atoms with Crippen LogP contribution < -0.4 is 0 Å². The van der Waals surface area contributed by atoms with Crippen molar-refractivity contribution in [2.75, 3.05) is 13.2 Å². The maximum Gasteiger partial charge on any atom is 0.416 e. The molecule has 3 rings (SSSR count). The van der Waals surface area contributed by atoms with Crippen molar-refractivity contribution in [1.82, 2.24) is 19.7 Å². The minimum Gasteiger partial charge on any atom is -0.465 e. The fourth-order valence-corrected chi connectivity index (χ4v) is 3.26. The summed E-state index contributed by atoms with van der Waals surface area (Å²) in [6.07, 6.45) is -3.09. The van der Waals surface area contributed by atoms with Gasteiger partial charge in [0.25, 0.3) is 5.91 Å². The molecule has 0 unspecified atom stereocenters. The second-order valence-corrected chi connectivity index (χ2v) is 7.40. The molecule has 0 aliphatic carbocycles. The topological polar surface area (TPSA) is 77.3 Å². The second kappa shape index (κ2) is 9.85. The Balaban J connectivity index is 1.83. The van der Waals surface area contributed by atoms with Crippen molar-refractivity contribution in [3.63, 3.8) is 0 Å². The summed E-state index contributed by atoms with van der Waals surface area (Å²) in [6.45, 7) is 5.09. The van der Waals surface area contributed by atoms with Gasteiger partial charge in [-0.2, -0.15) is 18.3 Å². The molecule has 0 aliphatic rings. The summed E-state index contributed by atoms with van der Waals surface area (Å²) in [5.41, 5.74) is 1.57. The monoisotopic (exact) mass is 460 g/mol. The summed E-state index contributed by atoms with van der Waals surface area (Å²) < 4.78 is 45.1. The Morgan fingerprint density at radius 2 is 1.79 bits per heavy atom. The summed E-state index contributed by atoms with van der Waals surface area (Å²) in [7, 11) is 0. The number of aryl methyl sites for hydroxylation is 2. The van der Waals surface area contributed by atoms with Crippen LogP contribution in [0.3, 0.4) is 0 Å². The van der Waals surface area contributed by atoms with Crippen LogP contribution in [-0.4, -0.2) is 44.7 Å². The van der Waals surface area contributed by atoms with Gasteiger partial charge in [-0.15, -0.1) is 0 Å². The molecule has 0 fully saturated rings. The lowest BCUT2D eigenvalue weighted by molar-refractivity contribution is -0.144. The number of rotatable bonds is 7. The molecule has 1 aromatic carbocycles. The van der Waals surface area contributed by atoms with Gasteiger partial charge in [-0.1, -0.05) is 12.1 Å². The highest BCUT2D eigenvalue weighted by Crippen LogP contribution is 2.29. The Morgan fingerprint density at radius 1 is 1.09 bits per heavy atom. The molecule has 0 saturated carbocycles. The number of aromatic nitrogens is 3. The molecule has 0 aliphatic heterocycles. The van der Waals surface area contributed by atoms with Crippen LogP contribution >= 0.6 is 0 Å². The van der Waals surface area contributed by atoms with E-state index in [2.05, 4.69) is 10.1 Å². The van der Waals surface area contributed by atoms with Crippen molar-refractivity contribution in [2.45, 2.75) is 33.5 Å². The predicted molar refractivity (Wildman–Crippen MR) is 114 cm³/mol. The van der Waals surface area contributed by atoms with Crippen LogP contribution in [0.4, 0.5) is 13.2 Å². The number of carbonyl (C=O) groups excluding carboxylic acids is 2. The number of amides is 1. The molecule has 0 N–H and O–H groups in total. The Kier molecular flexibility index (Phi) is 7.15. The number of nitrogens with zero attached hydrogens (tertiary/aromatic N) is 4. The zero-order chi connectivity index (χ0) is 24.2. The Bertz CT molecular complexity index is 1120. The van der Waals surface area contributed by atoms with E-state index in [4.69, 9.17) is 4.74 Å². The fourth-order valence-electron chi connectivity index (χ4n) is 3.26. The molecule has 2 heterocycles. The number of esters is 1. The van der Waals surface area contributed by atoms with E-state index < -0.39 is 23.6 Å². The third-order valence-corrected chi connectivity index (χ3v) is 4.79. The van der Waals surface area contributed by atoms with Crippen LogP contribution in [0.15, 0.2) is 48.7 Å². The van der Waals surface area contributed by atoms with Gasteiger partial charge in [0.15, 0.2) is 5.82 Å². The Morgan fingerprint density at radius 3 is 2.30 bits per heavy atom. The predicted octanol–water partition coefficient (Wildman–Crippen LogP) is 4.11. The van der Waals surface area contributed by atoms with Crippen LogP contribution in [0.1, 0.15) is 39.8 Å². The number of carbonyl (C=O) groups is 2. The van der Waals surface area contributed by atoms with Gasteiger partial charge >= 0.3 is 12.1 Å². The lowest BCUT2D eigenvalue weighted by Gasteiger charge is -2.22. The van der Waals surface area contributed by atoms with Crippen LogP contribution in [0.5, 0.6) is 0 Å². The van der Waals surface area contributed by atoms with E-state index in [9.17, 15) is 22.8 Å². The molecule has 174 valence electrons. The van der Waals surface area contributed by atoms with Gasteiger partial charge in [0.1, 0.15) is 6.54 Å². The standard InChI is InChI=1S/C23H23F3N4O3/c1-4-33-21(31)14-29(13-17-5-8-19(9-6-17)23(24,25)26)22(32)18-7-10-20(27-12-18)30-16(3)11-15(2)28-30/h5-12H,4,13-14H2,1-3H3. The molecule has 2 aromatic heterocycles. The summed E-state index contributed by atoms with van der Waals surface area (Å²) in [5.74, 6) is -0.600. The number of pyridine rings is 1. The normalized spacial score (nSPS) is 11.3. The van der Waals surface area contributed by atoms with Gasteiger partial charge in [-0.3, -0.25) is 9.59 Å². The van der Waals surface area contributed by atoms with Crippen molar-refractivity contribution in [3.8, 4) is 5.82 Å². The highest BCUT2D eigenvalue weighted by atomic mass is 19.4. The summed E-state index contributed by atoms with van der Waals surface area (Å²) in [6, 6.07) is 9.52. The third-order valence-electron chi connectivity index (χ3n) is 4.79.